The lowest BCUT2D eigenvalue weighted by molar-refractivity contribution is -0.0543. The summed E-state index contributed by atoms with van der Waals surface area (Å²) in [5, 5.41) is 19.0. The van der Waals surface area contributed by atoms with Crippen molar-refractivity contribution < 1.29 is 10.2 Å². The lowest BCUT2D eigenvalue weighted by Gasteiger charge is -2.58. The average Bonchev–Trinajstić information content (AvgIpc) is 2.49. The van der Waals surface area contributed by atoms with Crippen LogP contribution in [0.2, 0.25) is 0 Å². The van der Waals surface area contributed by atoms with Crippen molar-refractivity contribution in [3.8, 4) is 0 Å². The monoisotopic (exact) mass is 308 g/mol. The molecule has 2 nitrogen and oxygen atoms in total. The molecular weight excluding hydrogens is 272 g/mol. The molecule has 0 aromatic heterocycles. The van der Waals surface area contributed by atoms with Gasteiger partial charge in [-0.15, -0.1) is 0 Å². The van der Waals surface area contributed by atoms with Crippen molar-refractivity contribution >= 4 is 0 Å². The van der Waals surface area contributed by atoms with E-state index in [0.717, 1.165) is 18.8 Å². The van der Waals surface area contributed by atoms with Crippen molar-refractivity contribution in [3.05, 3.63) is 11.6 Å². The van der Waals surface area contributed by atoms with Gasteiger partial charge in [-0.1, -0.05) is 40.2 Å². The molecule has 0 aromatic carbocycles. The second-order valence-corrected chi connectivity index (χ2v) is 8.54. The van der Waals surface area contributed by atoms with Gasteiger partial charge in [0.1, 0.15) is 0 Å². The van der Waals surface area contributed by atoms with Crippen molar-refractivity contribution in [2.45, 2.75) is 72.6 Å². The molecule has 0 saturated heterocycles. The fraction of sp³-hybridized carbons (Fsp3) is 0.900. The van der Waals surface area contributed by atoms with Crippen LogP contribution in [0.4, 0.5) is 0 Å². The van der Waals surface area contributed by atoms with Gasteiger partial charge in [0.2, 0.25) is 0 Å². The lowest BCUT2D eigenvalue weighted by atomic mass is 9.46. The highest BCUT2D eigenvalue weighted by atomic mass is 16.3. The summed E-state index contributed by atoms with van der Waals surface area (Å²) < 4.78 is 0. The molecule has 0 aromatic rings. The van der Waals surface area contributed by atoms with Crippen molar-refractivity contribution in [1.82, 2.24) is 0 Å². The van der Waals surface area contributed by atoms with Gasteiger partial charge >= 0.3 is 0 Å². The second kappa shape index (κ2) is 7.05. The molecule has 1 saturated carbocycles. The van der Waals surface area contributed by atoms with E-state index < -0.39 is 0 Å². The third kappa shape index (κ3) is 3.14. The Balaban J connectivity index is 2.19. The molecule has 128 valence electrons. The molecule has 0 unspecified atom stereocenters. The highest BCUT2D eigenvalue weighted by Gasteiger charge is 2.53. The van der Waals surface area contributed by atoms with Gasteiger partial charge in [0.15, 0.2) is 0 Å². The molecule has 0 heterocycles. The number of hydrogen-bond donors (Lipinski definition) is 2. The van der Waals surface area contributed by atoms with Crippen LogP contribution in [0, 0.1) is 28.6 Å². The molecule has 0 radical (unpaired) electrons. The van der Waals surface area contributed by atoms with Gasteiger partial charge in [0.25, 0.3) is 0 Å². The molecule has 0 amide bonds. The summed E-state index contributed by atoms with van der Waals surface area (Å²) in [6.45, 7) is 10.2. The first-order chi connectivity index (χ1) is 10.4. The predicted molar refractivity (Wildman–Crippen MR) is 92.6 cm³/mol. The summed E-state index contributed by atoms with van der Waals surface area (Å²) in [6.07, 6.45) is 10.6. The van der Waals surface area contributed by atoms with Crippen LogP contribution in [0.5, 0.6) is 0 Å². The fourth-order valence-corrected chi connectivity index (χ4v) is 5.37. The van der Waals surface area contributed by atoms with Crippen LogP contribution in [-0.2, 0) is 0 Å². The number of aliphatic hydroxyl groups excluding tert-OH is 2. The first kappa shape index (κ1) is 18.0. The number of hydrogen-bond acceptors (Lipinski definition) is 2. The van der Waals surface area contributed by atoms with Crippen LogP contribution < -0.4 is 0 Å². The zero-order valence-corrected chi connectivity index (χ0v) is 15.1. The number of allylic oxidation sites excluding steroid dienone is 1. The number of fused-ring (bicyclic) bond motifs is 1. The molecule has 2 N–H and O–H groups in total. The molecule has 0 aliphatic heterocycles. The zero-order valence-electron chi connectivity index (χ0n) is 15.1. The maximum atomic E-state index is 9.82. The average molecular weight is 309 g/mol. The lowest BCUT2D eigenvalue weighted by Crippen LogP contribution is -2.50. The first-order valence-electron chi connectivity index (χ1n) is 9.29. The summed E-state index contributed by atoms with van der Waals surface area (Å²) in [4.78, 5) is 0. The molecule has 2 aliphatic carbocycles. The fourth-order valence-electron chi connectivity index (χ4n) is 5.37. The van der Waals surface area contributed by atoms with Crippen molar-refractivity contribution in [2.75, 3.05) is 13.2 Å². The summed E-state index contributed by atoms with van der Waals surface area (Å²) in [5.41, 5.74) is 1.87. The minimum atomic E-state index is 0.203. The Kier molecular flexibility index (Phi) is 5.77. The topological polar surface area (TPSA) is 40.5 Å². The van der Waals surface area contributed by atoms with Gasteiger partial charge in [-0.05, 0) is 72.7 Å². The van der Waals surface area contributed by atoms with Crippen molar-refractivity contribution in [1.29, 1.82) is 0 Å². The normalized spacial score (nSPS) is 40.0. The van der Waals surface area contributed by atoms with E-state index in [1.807, 2.05) is 0 Å². The van der Waals surface area contributed by atoms with Crippen LogP contribution in [-0.4, -0.2) is 23.4 Å². The van der Waals surface area contributed by atoms with E-state index in [2.05, 4.69) is 33.8 Å². The van der Waals surface area contributed by atoms with Gasteiger partial charge in [0.05, 0.1) is 6.61 Å². The van der Waals surface area contributed by atoms with Gasteiger partial charge in [-0.25, -0.2) is 0 Å². The third-order valence-corrected chi connectivity index (χ3v) is 7.34. The van der Waals surface area contributed by atoms with Crippen LogP contribution >= 0.6 is 0 Å². The SMILES string of the molecule is C[C@@H](CCO)CC[C@@]1(C)[C@H](C)CC[C@]2(C)C(CO)=CCC[C@H]12. The van der Waals surface area contributed by atoms with Gasteiger partial charge < -0.3 is 10.2 Å². The van der Waals surface area contributed by atoms with E-state index in [4.69, 9.17) is 5.11 Å². The maximum Gasteiger partial charge on any atom is 0.0647 e. The van der Waals surface area contributed by atoms with Gasteiger partial charge in [-0.2, -0.15) is 0 Å². The molecule has 22 heavy (non-hydrogen) atoms. The Morgan fingerprint density at radius 3 is 2.59 bits per heavy atom. The van der Waals surface area contributed by atoms with E-state index in [1.54, 1.807) is 0 Å². The Morgan fingerprint density at radius 2 is 1.95 bits per heavy atom. The second-order valence-electron chi connectivity index (χ2n) is 8.54. The molecule has 0 bridgehead atoms. The summed E-state index contributed by atoms with van der Waals surface area (Å²) in [6, 6.07) is 0. The molecule has 5 atom stereocenters. The van der Waals surface area contributed by atoms with Crippen molar-refractivity contribution in [3.63, 3.8) is 0 Å². The molecule has 1 fully saturated rings. The van der Waals surface area contributed by atoms with Gasteiger partial charge in [0, 0.05) is 6.61 Å². The van der Waals surface area contributed by atoms with Crippen LogP contribution in [0.3, 0.4) is 0 Å². The molecule has 2 aliphatic rings. The smallest absolute Gasteiger partial charge is 0.0647 e. The number of rotatable bonds is 6. The minimum Gasteiger partial charge on any atom is -0.396 e. The Morgan fingerprint density at radius 1 is 1.23 bits per heavy atom. The largest absolute Gasteiger partial charge is 0.396 e. The number of aliphatic hydroxyl groups is 2. The molecule has 0 spiro atoms. The van der Waals surface area contributed by atoms with E-state index >= 15 is 0 Å². The maximum absolute atomic E-state index is 9.82. The Labute approximate surface area is 137 Å². The van der Waals surface area contributed by atoms with E-state index in [9.17, 15) is 5.11 Å². The van der Waals surface area contributed by atoms with Gasteiger partial charge in [-0.3, -0.25) is 0 Å². The standard InChI is InChI=1S/C20H36O2/c1-15(10-13-21)8-11-19(3)16(2)9-12-20(4)17(14-22)6-5-7-18(19)20/h6,15-16,18,21-22H,5,7-14H2,1-4H3/t15-,16-,18-,19+,20-/m1/s1. The van der Waals surface area contributed by atoms with Crippen molar-refractivity contribution in [2.24, 2.45) is 28.6 Å². The van der Waals surface area contributed by atoms with Crippen LogP contribution in [0.1, 0.15) is 72.6 Å². The molecule has 2 heteroatoms. The van der Waals surface area contributed by atoms with E-state index in [0.29, 0.717) is 23.9 Å². The highest BCUT2D eigenvalue weighted by molar-refractivity contribution is 5.22. The highest BCUT2D eigenvalue weighted by Crippen LogP contribution is 2.61. The predicted octanol–water partition coefficient (Wildman–Crippen LogP) is 4.56. The Hall–Kier alpha value is -0.340. The van der Waals surface area contributed by atoms with Crippen LogP contribution in [0.15, 0.2) is 11.6 Å². The summed E-state index contributed by atoms with van der Waals surface area (Å²) in [5.74, 6) is 2.06. The minimum absolute atomic E-state index is 0.203. The van der Waals surface area contributed by atoms with E-state index in [1.165, 1.54) is 37.7 Å². The first-order valence-corrected chi connectivity index (χ1v) is 9.29. The summed E-state index contributed by atoms with van der Waals surface area (Å²) >= 11 is 0. The zero-order chi connectivity index (χ0) is 16.4. The van der Waals surface area contributed by atoms with Crippen LogP contribution in [0.25, 0.3) is 0 Å². The van der Waals surface area contributed by atoms with E-state index in [-0.39, 0.29) is 12.0 Å². The third-order valence-electron chi connectivity index (χ3n) is 7.34. The Bertz CT molecular complexity index is 403. The molecular formula is C20H36O2. The quantitative estimate of drug-likeness (QED) is 0.706. The molecule has 2 rings (SSSR count). The summed E-state index contributed by atoms with van der Waals surface area (Å²) in [7, 11) is 0.